The first-order valence-electron chi connectivity index (χ1n) is 7.48. The summed E-state index contributed by atoms with van der Waals surface area (Å²) in [5.41, 5.74) is 5.49. The van der Waals surface area contributed by atoms with Crippen LogP contribution in [0.4, 0.5) is 4.79 Å². The van der Waals surface area contributed by atoms with Gasteiger partial charge in [-0.2, -0.15) is 0 Å². The molecule has 1 aliphatic carbocycles. The van der Waals surface area contributed by atoms with Gasteiger partial charge in [0.05, 0.1) is 5.75 Å². The minimum atomic E-state index is -3.06. The van der Waals surface area contributed by atoms with E-state index in [9.17, 15) is 13.2 Å². The van der Waals surface area contributed by atoms with E-state index in [-0.39, 0.29) is 29.5 Å². The van der Waals surface area contributed by atoms with Crippen molar-refractivity contribution in [1.29, 1.82) is 0 Å². The number of amides is 1. The molecular formula is C14H28N2O4S. The number of sulfone groups is 1. The van der Waals surface area contributed by atoms with Crippen LogP contribution in [0.15, 0.2) is 0 Å². The van der Waals surface area contributed by atoms with Crippen LogP contribution in [0.1, 0.15) is 47.0 Å². The lowest BCUT2D eigenvalue weighted by molar-refractivity contribution is 0.0483. The average Bonchev–Trinajstić information content (AvgIpc) is 2.30. The Morgan fingerprint density at radius 2 is 1.95 bits per heavy atom. The Morgan fingerprint density at radius 1 is 1.33 bits per heavy atom. The average molecular weight is 320 g/mol. The minimum absolute atomic E-state index is 0.0725. The summed E-state index contributed by atoms with van der Waals surface area (Å²) in [6, 6.07) is -0.195. The predicted octanol–water partition coefficient (Wildman–Crippen LogP) is 1.44. The van der Waals surface area contributed by atoms with E-state index in [2.05, 4.69) is 5.32 Å². The van der Waals surface area contributed by atoms with Crippen molar-refractivity contribution in [3.05, 3.63) is 0 Å². The fraction of sp³-hybridized carbons (Fsp3) is 0.929. The first-order chi connectivity index (χ1) is 9.52. The van der Waals surface area contributed by atoms with Crippen molar-refractivity contribution in [3.8, 4) is 0 Å². The van der Waals surface area contributed by atoms with Crippen molar-refractivity contribution in [2.24, 2.45) is 11.7 Å². The standard InChI is InChI=1S/C14H28N2O4S/c1-5-21(18,19)9-10-8-11(6-7-12(10)15)16-13(17)20-14(2,3)4/h10-12H,5-9,15H2,1-4H3,(H,16,17)/t10?,11-,12+/m0/s1. The fourth-order valence-electron chi connectivity index (χ4n) is 2.53. The highest BCUT2D eigenvalue weighted by molar-refractivity contribution is 7.91. The Balaban J connectivity index is 2.57. The van der Waals surface area contributed by atoms with E-state index in [0.29, 0.717) is 12.8 Å². The van der Waals surface area contributed by atoms with Crippen molar-refractivity contribution < 1.29 is 17.9 Å². The lowest BCUT2D eigenvalue weighted by Gasteiger charge is -2.34. The number of rotatable bonds is 4. The monoisotopic (exact) mass is 320 g/mol. The van der Waals surface area contributed by atoms with Crippen LogP contribution in [0.5, 0.6) is 0 Å². The van der Waals surface area contributed by atoms with Crippen molar-refractivity contribution in [3.63, 3.8) is 0 Å². The smallest absolute Gasteiger partial charge is 0.407 e. The normalized spacial score (nSPS) is 27.2. The van der Waals surface area contributed by atoms with Crippen molar-refractivity contribution in [2.45, 2.75) is 64.6 Å². The molecule has 0 aromatic carbocycles. The lowest BCUT2D eigenvalue weighted by atomic mass is 9.83. The van der Waals surface area contributed by atoms with Crippen LogP contribution in [0, 0.1) is 5.92 Å². The van der Waals surface area contributed by atoms with Crippen LogP contribution in [0.3, 0.4) is 0 Å². The van der Waals surface area contributed by atoms with E-state index in [1.165, 1.54) is 0 Å². The molecule has 0 heterocycles. The van der Waals surface area contributed by atoms with Crippen LogP contribution >= 0.6 is 0 Å². The summed E-state index contributed by atoms with van der Waals surface area (Å²) < 4.78 is 28.7. The SMILES string of the molecule is CCS(=O)(=O)CC1C[C@@H](NC(=O)OC(C)(C)C)CC[C@H]1N. The maximum absolute atomic E-state index is 11.8. The fourth-order valence-corrected chi connectivity index (χ4v) is 3.80. The van der Waals surface area contributed by atoms with Crippen LogP contribution in [-0.4, -0.2) is 43.7 Å². The van der Waals surface area contributed by atoms with E-state index in [1.54, 1.807) is 27.7 Å². The molecule has 7 heteroatoms. The summed E-state index contributed by atoms with van der Waals surface area (Å²) in [4.78, 5) is 11.8. The Hall–Kier alpha value is -0.820. The molecule has 1 amide bonds. The lowest BCUT2D eigenvalue weighted by Crippen LogP contribution is -2.48. The van der Waals surface area contributed by atoms with Gasteiger partial charge in [-0.25, -0.2) is 13.2 Å². The Labute approximate surface area is 127 Å². The molecule has 1 saturated carbocycles. The van der Waals surface area contributed by atoms with Crippen molar-refractivity contribution in [1.82, 2.24) is 5.32 Å². The van der Waals surface area contributed by atoms with Crippen LogP contribution in [0.25, 0.3) is 0 Å². The first-order valence-corrected chi connectivity index (χ1v) is 9.30. The molecule has 0 aliphatic heterocycles. The third kappa shape index (κ3) is 6.65. The molecule has 124 valence electrons. The predicted molar refractivity (Wildman–Crippen MR) is 82.8 cm³/mol. The molecule has 0 aromatic rings. The molecule has 21 heavy (non-hydrogen) atoms. The highest BCUT2D eigenvalue weighted by atomic mass is 32.2. The zero-order chi connectivity index (χ0) is 16.3. The third-order valence-corrected chi connectivity index (χ3v) is 5.49. The molecule has 6 nitrogen and oxygen atoms in total. The summed E-state index contributed by atoms with van der Waals surface area (Å²) in [6.45, 7) is 7.06. The van der Waals surface area contributed by atoms with Crippen LogP contribution < -0.4 is 11.1 Å². The topological polar surface area (TPSA) is 98.5 Å². The molecule has 0 bridgehead atoms. The Kier molecular flexibility index (Phi) is 6.04. The van der Waals surface area contributed by atoms with Gasteiger partial charge in [0.15, 0.2) is 0 Å². The van der Waals surface area contributed by atoms with E-state index in [0.717, 1.165) is 6.42 Å². The number of nitrogens with two attached hydrogens (primary N) is 1. The molecule has 0 radical (unpaired) electrons. The van der Waals surface area contributed by atoms with Gasteiger partial charge >= 0.3 is 6.09 Å². The second-order valence-corrected chi connectivity index (χ2v) is 9.18. The number of alkyl carbamates (subject to hydrolysis) is 1. The van der Waals surface area contributed by atoms with E-state index >= 15 is 0 Å². The second-order valence-electron chi connectivity index (χ2n) is 6.78. The zero-order valence-electron chi connectivity index (χ0n) is 13.4. The summed E-state index contributed by atoms with van der Waals surface area (Å²) in [5.74, 6) is 0.112. The molecule has 3 N–H and O–H groups in total. The molecule has 1 unspecified atom stereocenters. The molecule has 0 saturated heterocycles. The minimum Gasteiger partial charge on any atom is -0.444 e. The van der Waals surface area contributed by atoms with Crippen molar-refractivity contribution >= 4 is 15.9 Å². The molecule has 0 aromatic heterocycles. The third-order valence-electron chi connectivity index (χ3n) is 3.67. The van der Waals surface area contributed by atoms with Gasteiger partial charge in [0, 0.05) is 17.8 Å². The van der Waals surface area contributed by atoms with Gasteiger partial charge in [-0.1, -0.05) is 6.92 Å². The van der Waals surface area contributed by atoms with Gasteiger partial charge in [0.1, 0.15) is 15.4 Å². The van der Waals surface area contributed by atoms with Crippen LogP contribution in [-0.2, 0) is 14.6 Å². The number of hydrogen-bond donors (Lipinski definition) is 2. The zero-order valence-corrected chi connectivity index (χ0v) is 14.2. The summed E-state index contributed by atoms with van der Waals surface area (Å²) in [5, 5.41) is 2.82. The van der Waals surface area contributed by atoms with E-state index < -0.39 is 21.5 Å². The van der Waals surface area contributed by atoms with E-state index in [4.69, 9.17) is 10.5 Å². The van der Waals surface area contributed by atoms with Crippen molar-refractivity contribution in [2.75, 3.05) is 11.5 Å². The van der Waals surface area contributed by atoms with Crippen LogP contribution in [0.2, 0.25) is 0 Å². The van der Waals surface area contributed by atoms with E-state index in [1.807, 2.05) is 0 Å². The quantitative estimate of drug-likeness (QED) is 0.816. The van der Waals surface area contributed by atoms with Gasteiger partial charge in [0.25, 0.3) is 0 Å². The number of hydrogen-bond acceptors (Lipinski definition) is 5. The highest BCUT2D eigenvalue weighted by Crippen LogP contribution is 2.25. The summed E-state index contributed by atoms with van der Waals surface area (Å²) in [7, 11) is -3.06. The Morgan fingerprint density at radius 3 is 2.48 bits per heavy atom. The number of nitrogens with one attached hydrogen (secondary N) is 1. The molecule has 3 atom stereocenters. The highest BCUT2D eigenvalue weighted by Gasteiger charge is 2.32. The maximum atomic E-state index is 11.8. The number of ether oxygens (including phenoxy) is 1. The molecule has 1 aliphatic rings. The summed E-state index contributed by atoms with van der Waals surface area (Å²) in [6.07, 6.45) is 1.59. The summed E-state index contributed by atoms with van der Waals surface area (Å²) >= 11 is 0. The maximum Gasteiger partial charge on any atom is 0.407 e. The number of carbonyl (C=O) groups is 1. The first kappa shape index (κ1) is 18.2. The molecular weight excluding hydrogens is 292 g/mol. The largest absolute Gasteiger partial charge is 0.444 e. The van der Waals surface area contributed by atoms with Gasteiger partial charge in [0.2, 0.25) is 0 Å². The number of carbonyl (C=O) groups excluding carboxylic acids is 1. The van der Waals surface area contributed by atoms with Gasteiger partial charge in [-0.3, -0.25) is 0 Å². The molecule has 1 fully saturated rings. The Bertz CT molecular complexity index is 456. The second kappa shape index (κ2) is 6.96. The molecule has 1 rings (SSSR count). The van der Waals surface area contributed by atoms with Gasteiger partial charge in [-0.15, -0.1) is 0 Å². The van der Waals surface area contributed by atoms with Gasteiger partial charge < -0.3 is 15.8 Å². The molecule has 0 spiro atoms. The van der Waals surface area contributed by atoms with Gasteiger partial charge in [-0.05, 0) is 46.0 Å².